The van der Waals surface area contributed by atoms with Crippen LogP contribution in [-0.4, -0.2) is 41.5 Å². The standard InChI is InChI=1S/C11H13F2NO2S2/c1-7-6-14(3-5-17-7)10(15)9-8(2-4-18-9)16-11(12)13/h2,4,7,11H,3,5-6H2,1H3/t7-/m0/s1. The normalized spacial score (nSPS) is 20.2. The van der Waals surface area contributed by atoms with Crippen LogP contribution in [-0.2, 0) is 0 Å². The van der Waals surface area contributed by atoms with Gasteiger partial charge in [-0.3, -0.25) is 4.79 Å². The molecule has 0 radical (unpaired) electrons. The van der Waals surface area contributed by atoms with Crippen LogP contribution in [0.3, 0.4) is 0 Å². The maximum atomic E-state index is 12.2. The molecule has 0 aliphatic carbocycles. The van der Waals surface area contributed by atoms with E-state index < -0.39 is 6.61 Å². The molecule has 18 heavy (non-hydrogen) atoms. The number of carbonyl (C=O) groups excluding carboxylic acids is 1. The van der Waals surface area contributed by atoms with Crippen LogP contribution in [0, 0.1) is 0 Å². The Morgan fingerprint density at radius 2 is 2.39 bits per heavy atom. The number of rotatable bonds is 3. The first-order valence-electron chi connectivity index (χ1n) is 5.51. The molecule has 1 atom stereocenters. The molecule has 0 bridgehead atoms. The van der Waals surface area contributed by atoms with E-state index in [4.69, 9.17) is 0 Å². The number of amides is 1. The van der Waals surface area contributed by atoms with Crippen molar-refractivity contribution in [2.75, 3.05) is 18.8 Å². The van der Waals surface area contributed by atoms with Crippen LogP contribution in [0.25, 0.3) is 0 Å². The van der Waals surface area contributed by atoms with Crippen molar-refractivity contribution in [3.8, 4) is 5.75 Å². The number of hydrogen-bond acceptors (Lipinski definition) is 4. The summed E-state index contributed by atoms with van der Waals surface area (Å²) in [5.74, 6) is 0.641. The van der Waals surface area contributed by atoms with E-state index in [1.54, 1.807) is 10.3 Å². The third-order valence-corrected chi connectivity index (χ3v) is 4.59. The van der Waals surface area contributed by atoms with Crippen LogP contribution >= 0.6 is 23.1 Å². The molecule has 2 heterocycles. The first-order chi connectivity index (χ1) is 8.58. The number of halogens is 2. The number of ether oxygens (including phenoxy) is 1. The zero-order valence-corrected chi connectivity index (χ0v) is 11.4. The van der Waals surface area contributed by atoms with Crippen LogP contribution < -0.4 is 4.74 Å². The quantitative estimate of drug-likeness (QED) is 0.858. The second kappa shape index (κ2) is 5.88. The number of carbonyl (C=O) groups is 1. The van der Waals surface area contributed by atoms with E-state index in [0.29, 0.717) is 18.3 Å². The van der Waals surface area contributed by atoms with Gasteiger partial charge in [0, 0.05) is 24.1 Å². The molecule has 1 amide bonds. The van der Waals surface area contributed by atoms with Crippen LogP contribution in [0.1, 0.15) is 16.6 Å². The number of nitrogens with zero attached hydrogens (tertiary/aromatic N) is 1. The first kappa shape index (κ1) is 13.6. The summed E-state index contributed by atoms with van der Waals surface area (Å²) in [7, 11) is 0. The van der Waals surface area contributed by atoms with E-state index in [1.807, 2.05) is 11.8 Å². The van der Waals surface area contributed by atoms with Gasteiger partial charge in [-0.1, -0.05) is 6.92 Å². The van der Waals surface area contributed by atoms with Crippen molar-refractivity contribution in [3.05, 3.63) is 16.3 Å². The molecule has 2 rings (SSSR count). The Labute approximate surface area is 112 Å². The molecule has 1 aliphatic heterocycles. The number of thioether (sulfide) groups is 1. The zero-order chi connectivity index (χ0) is 13.1. The molecule has 7 heteroatoms. The molecule has 1 fully saturated rings. The summed E-state index contributed by atoms with van der Waals surface area (Å²) < 4.78 is 28.7. The Kier molecular flexibility index (Phi) is 4.45. The second-order valence-corrected chi connectivity index (χ2v) is 6.39. The topological polar surface area (TPSA) is 29.5 Å². The summed E-state index contributed by atoms with van der Waals surface area (Å²) in [5.41, 5.74) is 0. The lowest BCUT2D eigenvalue weighted by Gasteiger charge is -2.30. The molecular formula is C11H13F2NO2S2. The van der Waals surface area contributed by atoms with Crippen LogP contribution in [0.2, 0.25) is 0 Å². The van der Waals surface area contributed by atoms with E-state index in [9.17, 15) is 13.6 Å². The highest BCUT2D eigenvalue weighted by atomic mass is 32.2. The monoisotopic (exact) mass is 293 g/mol. The van der Waals surface area contributed by atoms with E-state index in [0.717, 1.165) is 17.1 Å². The van der Waals surface area contributed by atoms with Gasteiger partial charge in [0.05, 0.1) is 0 Å². The summed E-state index contributed by atoms with van der Waals surface area (Å²) in [5, 5.41) is 1.97. The molecule has 0 spiro atoms. The van der Waals surface area contributed by atoms with Crippen LogP contribution in [0.5, 0.6) is 5.75 Å². The molecule has 0 aromatic carbocycles. The van der Waals surface area contributed by atoms with Gasteiger partial charge in [-0.05, 0) is 11.4 Å². The molecule has 1 aromatic heterocycles. The maximum Gasteiger partial charge on any atom is 0.387 e. The Balaban J connectivity index is 2.10. The fourth-order valence-corrected chi connectivity index (χ4v) is 3.59. The van der Waals surface area contributed by atoms with Crippen molar-refractivity contribution in [3.63, 3.8) is 0 Å². The van der Waals surface area contributed by atoms with Gasteiger partial charge in [-0.2, -0.15) is 20.5 Å². The Morgan fingerprint density at radius 3 is 3.06 bits per heavy atom. The fourth-order valence-electron chi connectivity index (χ4n) is 1.79. The zero-order valence-electron chi connectivity index (χ0n) is 9.77. The molecule has 1 saturated heterocycles. The van der Waals surface area contributed by atoms with Gasteiger partial charge >= 0.3 is 6.61 Å². The second-order valence-electron chi connectivity index (χ2n) is 3.93. The highest BCUT2D eigenvalue weighted by Crippen LogP contribution is 2.29. The third-order valence-electron chi connectivity index (χ3n) is 2.57. The van der Waals surface area contributed by atoms with Gasteiger partial charge in [-0.15, -0.1) is 11.3 Å². The minimum atomic E-state index is -2.90. The predicted molar refractivity (Wildman–Crippen MR) is 68.8 cm³/mol. The van der Waals surface area contributed by atoms with Gasteiger partial charge in [0.1, 0.15) is 10.6 Å². The summed E-state index contributed by atoms with van der Waals surface area (Å²) in [4.78, 5) is 14.2. The summed E-state index contributed by atoms with van der Waals surface area (Å²) >= 11 is 2.95. The van der Waals surface area contributed by atoms with E-state index in [2.05, 4.69) is 11.7 Å². The summed E-state index contributed by atoms with van der Waals surface area (Å²) in [6.45, 7) is 0.451. The number of alkyl halides is 2. The molecule has 1 aromatic rings. The highest BCUT2D eigenvalue weighted by Gasteiger charge is 2.26. The van der Waals surface area contributed by atoms with Gasteiger partial charge in [0.25, 0.3) is 5.91 Å². The van der Waals surface area contributed by atoms with E-state index in [-0.39, 0.29) is 16.5 Å². The first-order valence-corrected chi connectivity index (χ1v) is 7.44. The molecule has 0 N–H and O–H groups in total. The maximum absolute atomic E-state index is 12.2. The third kappa shape index (κ3) is 3.14. The molecule has 0 saturated carbocycles. The SMILES string of the molecule is C[C@H]1CN(C(=O)c2sccc2OC(F)F)CCS1. The predicted octanol–water partition coefficient (Wildman–Crippen LogP) is 2.93. The van der Waals surface area contributed by atoms with E-state index >= 15 is 0 Å². The average Bonchev–Trinajstić information content (AvgIpc) is 2.75. The van der Waals surface area contributed by atoms with Crippen molar-refractivity contribution in [1.29, 1.82) is 0 Å². The van der Waals surface area contributed by atoms with Crippen LogP contribution in [0.15, 0.2) is 11.4 Å². The minimum Gasteiger partial charge on any atom is -0.433 e. The number of hydrogen-bond donors (Lipinski definition) is 0. The molecule has 3 nitrogen and oxygen atoms in total. The smallest absolute Gasteiger partial charge is 0.387 e. The highest BCUT2D eigenvalue weighted by molar-refractivity contribution is 7.99. The number of thiophene rings is 1. The van der Waals surface area contributed by atoms with Crippen molar-refractivity contribution in [2.45, 2.75) is 18.8 Å². The largest absolute Gasteiger partial charge is 0.433 e. The van der Waals surface area contributed by atoms with Gasteiger partial charge in [-0.25, -0.2) is 0 Å². The van der Waals surface area contributed by atoms with Crippen molar-refractivity contribution < 1.29 is 18.3 Å². The molecule has 0 unspecified atom stereocenters. The lowest BCUT2D eigenvalue weighted by atomic mass is 10.3. The van der Waals surface area contributed by atoms with Crippen molar-refractivity contribution >= 4 is 29.0 Å². The van der Waals surface area contributed by atoms with Gasteiger partial charge in [0.15, 0.2) is 0 Å². The van der Waals surface area contributed by atoms with E-state index in [1.165, 1.54) is 6.07 Å². The lowest BCUT2D eigenvalue weighted by molar-refractivity contribution is -0.0499. The van der Waals surface area contributed by atoms with Gasteiger partial charge in [0.2, 0.25) is 0 Å². The van der Waals surface area contributed by atoms with Crippen molar-refractivity contribution in [1.82, 2.24) is 4.90 Å². The minimum absolute atomic E-state index is 0.0223. The summed E-state index contributed by atoms with van der Waals surface area (Å²) in [6.07, 6.45) is 0. The molecule has 100 valence electrons. The van der Waals surface area contributed by atoms with Crippen LogP contribution in [0.4, 0.5) is 8.78 Å². The Hall–Kier alpha value is -0.820. The average molecular weight is 293 g/mol. The summed E-state index contributed by atoms with van der Waals surface area (Å²) in [6, 6.07) is 1.41. The fraction of sp³-hybridized carbons (Fsp3) is 0.545. The Bertz CT molecular complexity index is 425. The van der Waals surface area contributed by atoms with Gasteiger partial charge < -0.3 is 9.64 Å². The lowest BCUT2D eigenvalue weighted by Crippen LogP contribution is -2.40. The molecular weight excluding hydrogens is 280 g/mol. The Morgan fingerprint density at radius 1 is 1.61 bits per heavy atom. The van der Waals surface area contributed by atoms with Crippen molar-refractivity contribution in [2.24, 2.45) is 0 Å². The molecule has 1 aliphatic rings.